The normalized spacial score (nSPS) is 13.5. The summed E-state index contributed by atoms with van der Waals surface area (Å²) in [5.41, 5.74) is 0.746. The predicted molar refractivity (Wildman–Crippen MR) is 78.2 cm³/mol. The molecule has 2 aromatic carbocycles. The van der Waals surface area contributed by atoms with Crippen molar-refractivity contribution in [2.45, 2.75) is 6.42 Å². The van der Waals surface area contributed by atoms with Crippen molar-refractivity contribution in [3.05, 3.63) is 54.6 Å². The smallest absolute Gasteiger partial charge is 0.321 e. The first-order valence-electron chi connectivity index (χ1n) is 6.70. The van der Waals surface area contributed by atoms with Gasteiger partial charge in [-0.05, 0) is 30.7 Å². The van der Waals surface area contributed by atoms with E-state index in [9.17, 15) is 4.79 Å². The van der Waals surface area contributed by atoms with Crippen molar-refractivity contribution in [1.29, 1.82) is 0 Å². The van der Waals surface area contributed by atoms with Crippen LogP contribution in [0.25, 0.3) is 0 Å². The molecule has 1 aliphatic heterocycles. The van der Waals surface area contributed by atoms with Crippen LogP contribution in [0.4, 0.5) is 10.5 Å². The number of rotatable bonds is 3. The van der Waals surface area contributed by atoms with Crippen LogP contribution < -0.4 is 10.1 Å². The highest BCUT2D eigenvalue weighted by Gasteiger charge is 2.19. The van der Waals surface area contributed by atoms with Crippen LogP contribution in [0.1, 0.15) is 6.42 Å². The van der Waals surface area contributed by atoms with Crippen LogP contribution in [0.3, 0.4) is 0 Å². The van der Waals surface area contributed by atoms with Crippen LogP contribution in [0.2, 0.25) is 0 Å². The summed E-state index contributed by atoms with van der Waals surface area (Å²) in [5, 5.41) is 2.88. The van der Waals surface area contributed by atoms with Crippen LogP contribution in [-0.4, -0.2) is 24.0 Å². The van der Waals surface area contributed by atoms with Gasteiger partial charge < -0.3 is 15.0 Å². The Labute approximate surface area is 118 Å². The zero-order valence-electron chi connectivity index (χ0n) is 11.1. The lowest BCUT2D eigenvalue weighted by atomic mass is 10.2. The Morgan fingerprint density at radius 1 is 1.00 bits per heavy atom. The molecule has 1 saturated heterocycles. The first-order valence-corrected chi connectivity index (χ1v) is 6.70. The number of anilines is 1. The third kappa shape index (κ3) is 2.91. The molecule has 1 aliphatic rings. The summed E-state index contributed by atoms with van der Waals surface area (Å²) in [6.07, 6.45) is 1.09. The van der Waals surface area contributed by atoms with E-state index in [0.717, 1.165) is 30.9 Å². The van der Waals surface area contributed by atoms with Crippen molar-refractivity contribution >= 4 is 11.7 Å². The fourth-order valence-electron chi connectivity index (χ4n) is 1.98. The Kier molecular flexibility index (Phi) is 3.54. The number of hydrogen-bond acceptors (Lipinski definition) is 2. The molecule has 4 heteroatoms. The third-order valence-electron chi connectivity index (χ3n) is 3.21. The zero-order valence-corrected chi connectivity index (χ0v) is 11.1. The van der Waals surface area contributed by atoms with Crippen molar-refractivity contribution in [3.8, 4) is 11.5 Å². The topological polar surface area (TPSA) is 41.6 Å². The number of benzene rings is 2. The number of nitrogens with one attached hydrogen (secondary N) is 1. The Morgan fingerprint density at radius 2 is 1.75 bits per heavy atom. The molecule has 0 bridgehead atoms. The second kappa shape index (κ2) is 5.65. The molecule has 0 aliphatic carbocycles. The summed E-state index contributed by atoms with van der Waals surface area (Å²) in [5.74, 6) is 1.48. The summed E-state index contributed by atoms with van der Waals surface area (Å²) < 4.78 is 5.74. The number of carbonyl (C=O) groups excluding carboxylic acids is 1. The molecule has 0 unspecified atom stereocenters. The highest BCUT2D eigenvalue weighted by molar-refractivity contribution is 5.89. The summed E-state index contributed by atoms with van der Waals surface area (Å²) in [6.45, 7) is 1.68. The van der Waals surface area contributed by atoms with Crippen LogP contribution in [0.15, 0.2) is 54.6 Å². The Hall–Kier alpha value is -2.49. The van der Waals surface area contributed by atoms with E-state index in [-0.39, 0.29) is 6.03 Å². The Morgan fingerprint density at radius 3 is 2.45 bits per heavy atom. The number of para-hydroxylation sites is 1. The monoisotopic (exact) mass is 268 g/mol. The molecule has 0 atom stereocenters. The van der Waals surface area contributed by atoms with Crippen LogP contribution >= 0.6 is 0 Å². The predicted octanol–water partition coefficient (Wildman–Crippen LogP) is 3.72. The number of nitrogens with zero attached hydrogens (tertiary/aromatic N) is 1. The molecule has 2 aromatic rings. The van der Waals surface area contributed by atoms with Gasteiger partial charge in [0.25, 0.3) is 0 Å². The average Bonchev–Trinajstić information content (AvgIpc) is 2.38. The van der Waals surface area contributed by atoms with E-state index in [1.54, 1.807) is 4.90 Å². The number of ether oxygens (including phenoxy) is 1. The Bertz CT molecular complexity index is 594. The van der Waals surface area contributed by atoms with Crippen molar-refractivity contribution in [3.63, 3.8) is 0 Å². The van der Waals surface area contributed by atoms with Gasteiger partial charge in [-0.3, -0.25) is 0 Å². The van der Waals surface area contributed by atoms with E-state index in [0.29, 0.717) is 5.75 Å². The average molecular weight is 268 g/mol. The fraction of sp³-hybridized carbons (Fsp3) is 0.188. The molecule has 3 rings (SSSR count). The van der Waals surface area contributed by atoms with Gasteiger partial charge >= 0.3 is 6.03 Å². The van der Waals surface area contributed by atoms with Crippen LogP contribution in [0, 0.1) is 0 Å². The van der Waals surface area contributed by atoms with Crippen molar-refractivity contribution in [2.75, 3.05) is 18.4 Å². The maximum Gasteiger partial charge on any atom is 0.321 e. The number of hydrogen-bond donors (Lipinski definition) is 1. The van der Waals surface area contributed by atoms with Gasteiger partial charge in [0, 0.05) is 24.8 Å². The van der Waals surface area contributed by atoms with Gasteiger partial charge in [-0.2, -0.15) is 0 Å². The van der Waals surface area contributed by atoms with Gasteiger partial charge in [-0.15, -0.1) is 0 Å². The largest absolute Gasteiger partial charge is 0.457 e. The summed E-state index contributed by atoms with van der Waals surface area (Å²) in [4.78, 5) is 13.6. The van der Waals surface area contributed by atoms with E-state index in [1.807, 2.05) is 54.6 Å². The van der Waals surface area contributed by atoms with E-state index in [4.69, 9.17) is 4.74 Å². The first kappa shape index (κ1) is 12.5. The zero-order chi connectivity index (χ0) is 13.8. The minimum absolute atomic E-state index is 0.0480. The first-order chi connectivity index (χ1) is 9.81. The molecule has 1 heterocycles. The van der Waals surface area contributed by atoms with Crippen molar-refractivity contribution in [2.24, 2.45) is 0 Å². The van der Waals surface area contributed by atoms with Crippen LogP contribution in [0.5, 0.6) is 11.5 Å². The molecular formula is C16H16N2O2. The van der Waals surface area contributed by atoms with E-state index in [1.165, 1.54) is 0 Å². The molecule has 0 spiro atoms. The molecule has 0 aromatic heterocycles. The molecular weight excluding hydrogens is 252 g/mol. The summed E-state index contributed by atoms with van der Waals surface area (Å²) in [6, 6.07) is 16.9. The van der Waals surface area contributed by atoms with Gasteiger partial charge in [0.2, 0.25) is 0 Å². The summed E-state index contributed by atoms with van der Waals surface area (Å²) >= 11 is 0. The van der Waals surface area contributed by atoms with Crippen molar-refractivity contribution < 1.29 is 9.53 Å². The lowest BCUT2D eigenvalue weighted by molar-refractivity contribution is 0.181. The number of likely N-dealkylation sites (tertiary alicyclic amines) is 1. The highest BCUT2D eigenvalue weighted by Crippen LogP contribution is 2.24. The maximum atomic E-state index is 11.8. The maximum absolute atomic E-state index is 11.8. The van der Waals surface area contributed by atoms with Gasteiger partial charge in [0.15, 0.2) is 0 Å². The van der Waals surface area contributed by atoms with E-state index in [2.05, 4.69) is 5.32 Å². The summed E-state index contributed by atoms with van der Waals surface area (Å²) in [7, 11) is 0. The minimum atomic E-state index is -0.0480. The van der Waals surface area contributed by atoms with E-state index < -0.39 is 0 Å². The molecule has 1 fully saturated rings. The second-order valence-electron chi connectivity index (χ2n) is 4.71. The van der Waals surface area contributed by atoms with Gasteiger partial charge in [0.1, 0.15) is 11.5 Å². The quantitative estimate of drug-likeness (QED) is 0.921. The standard InChI is InChI=1S/C16H16N2O2/c19-16(18-10-5-11-18)17-13-6-4-9-15(12-13)20-14-7-2-1-3-8-14/h1-4,6-9,12H,5,10-11H2,(H,17,19). The second-order valence-corrected chi connectivity index (χ2v) is 4.71. The highest BCUT2D eigenvalue weighted by atomic mass is 16.5. The lowest BCUT2D eigenvalue weighted by Gasteiger charge is -2.30. The number of urea groups is 1. The van der Waals surface area contributed by atoms with E-state index >= 15 is 0 Å². The molecule has 102 valence electrons. The third-order valence-corrected chi connectivity index (χ3v) is 3.21. The molecule has 1 N–H and O–H groups in total. The molecule has 4 nitrogen and oxygen atoms in total. The van der Waals surface area contributed by atoms with Crippen molar-refractivity contribution in [1.82, 2.24) is 4.90 Å². The lowest BCUT2D eigenvalue weighted by Crippen LogP contribution is -2.44. The number of carbonyl (C=O) groups is 1. The Balaban J connectivity index is 1.67. The number of amides is 2. The SMILES string of the molecule is O=C(Nc1cccc(Oc2ccccc2)c1)N1CCC1. The van der Waals surface area contributed by atoms with Crippen LogP contribution in [-0.2, 0) is 0 Å². The molecule has 2 amide bonds. The van der Waals surface area contributed by atoms with Gasteiger partial charge in [-0.1, -0.05) is 24.3 Å². The minimum Gasteiger partial charge on any atom is -0.457 e. The van der Waals surface area contributed by atoms with Gasteiger partial charge in [0.05, 0.1) is 0 Å². The molecule has 20 heavy (non-hydrogen) atoms. The van der Waals surface area contributed by atoms with Gasteiger partial charge in [-0.25, -0.2) is 4.79 Å². The fourth-order valence-corrected chi connectivity index (χ4v) is 1.98. The molecule has 0 radical (unpaired) electrons. The molecule has 0 saturated carbocycles.